The number of thiophene rings is 1. The number of anilines is 1. The predicted molar refractivity (Wildman–Crippen MR) is 110 cm³/mol. The van der Waals surface area contributed by atoms with E-state index in [1.807, 2.05) is 36.0 Å². The molecule has 2 aliphatic heterocycles. The summed E-state index contributed by atoms with van der Waals surface area (Å²) in [5.41, 5.74) is 5.43. The largest absolute Gasteiger partial charge is 0.365 e. The Kier molecular flexibility index (Phi) is 4.21. The Balaban J connectivity index is 1.39. The van der Waals surface area contributed by atoms with Gasteiger partial charge in [-0.15, -0.1) is 11.3 Å². The monoisotopic (exact) mass is 376 g/mol. The van der Waals surface area contributed by atoms with Crippen molar-refractivity contribution in [1.82, 2.24) is 14.9 Å². The van der Waals surface area contributed by atoms with Crippen molar-refractivity contribution in [1.29, 1.82) is 0 Å². The van der Waals surface area contributed by atoms with Crippen molar-refractivity contribution < 1.29 is 0 Å². The number of aromatic nitrogens is 2. The fourth-order valence-electron chi connectivity index (χ4n) is 4.62. The summed E-state index contributed by atoms with van der Waals surface area (Å²) in [4.78, 5) is 15.8. The molecule has 0 bridgehead atoms. The zero-order valence-electron chi connectivity index (χ0n) is 15.6. The van der Waals surface area contributed by atoms with Gasteiger partial charge in [0, 0.05) is 55.1 Å². The van der Waals surface area contributed by atoms with E-state index in [1.165, 1.54) is 33.8 Å². The maximum Gasteiger partial charge on any atom is 0.0729 e. The van der Waals surface area contributed by atoms with Crippen molar-refractivity contribution in [3.63, 3.8) is 0 Å². The number of nitrogens with zero attached hydrogens (tertiary/aromatic N) is 4. The van der Waals surface area contributed by atoms with E-state index in [4.69, 9.17) is 4.98 Å². The van der Waals surface area contributed by atoms with E-state index in [9.17, 15) is 0 Å². The maximum absolute atomic E-state index is 4.85. The average molecular weight is 377 g/mol. The summed E-state index contributed by atoms with van der Waals surface area (Å²) in [7, 11) is 0. The summed E-state index contributed by atoms with van der Waals surface area (Å²) >= 11 is 1.88. The highest BCUT2D eigenvalue weighted by Crippen LogP contribution is 2.45. The van der Waals surface area contributed by atoms with Gasteiger partial charge in [-0.25, -0.2) is 0 Å². The Morgan fingerprint density at radius 3 is 2.85 bits per heavy atom. The lowest BCUT2D eigenvalue weighted by molar-refractivity contribution is 0.307. The van der Waals surface area contributed by atoms with Crippen molar-refractivity contribution in [3.8, 4) is 0 Å². The molecule has 0 N–H and O–H groups in total. The van der Waals surface area contributed by atoms with Crippen LogP contribution in [0.4, 0.5) is 5.69 Å². The molecule has 138 valence electrons. The molecule has 2 aliphatic rings. The number of rotatable bonds is 4. The van der Waals surface area contributed by atoms with Gasteiger partial charge in [-0.2, -0.15) is 0 Å². The van der Waals surface area contributed by atoms with Crippen LogP contribution in [0.1, 0.15) is 28.1 Å². The minimum atomic E-state index is 0.157. The van der Waals surface area contributed by atoms with Crippen molar-refractivity contribution in [3.05, 3.63) is 76.0 Å². The average Bonchev–Trinajstić information content (AvgIpc) is 3.37. The molecule has 0 aromatic carbocycles. The Labute approximate surface area is 164 Å². The number of aryl methyl sites for hydroxylation is 1. The number of fused-ring (bicyclic) bond motifs is 2. The number of hydrogen-bond donors (Lipinski definition) is 0. The van der Waals surface area contributed by atoms with E-state index in [0.29, 0.717) is 0 Å². The third-order valence-corrected chi connectivity index (χ3v) is 7.00. The molecule has 0 saturated carbocycles. The summed E-state index contributed by atoms with van der Waals surface area (Å²) in [6.45, 7) is 7.48. The van der Waals surface area contributed by atoms with Crippen molar-refractivity contribution in [2.45, 2.75) is 31.8 Å². The topological polar surface area (TPSA) is 32.3 Å². The van der Waals surface area contributed by atoms with Crippen LogP contribution < -0.4 is 4.90 Å². The second kappa shape index (κ2) is 6.73. The van der Waals surface area contributed by atoms with E-state index in [2.05, 4.69) is 51.4 Å². The molecule has 4 nitrogen and oxygen atoms in total. The van der Waals surface area contributed by atoms with E-state index in [0.717, 1.165) is 32.7 Å². The van der Waals surface area contributed by atoms with Crippen molar-refractivity contribution >= 4 is 17.0 Å². The molecule has 0 unspecified atom stereocenters. The van der Waals surface area contributed by atoms with Crippen LogP contribution in [-0.4, -0.2) is 34.5 Å². The summed E-state index contributed by atoms with van der Waals surface area (Å²) in [6.07, 6.45) is 6.96. The SMILES string of the molecule is Cc1ccsc1CN1CC[C@@]2(C1)CN(Cc1cccnc1)c1cccnc12. The number of pyridine rings is 2. The molecule has 5 heterocycles. The van der Waals surface area contributed by atoms with Gasteiger partial charge in [-0.1, -0.05) is 6.07 Å². The van der Waals surface area contributed by atoms with Gasteiger partial charge in [0.2, 0.25) is 0 Å². The molecule has 1 saturated heterocycles. The Bertz CT molecular complexity index is 938. The first-order valence-corrected chi connectivity index (χ1v) is 10.5. The van der Waals surface area contributed by atoms with Crippen LogP contribution in [0.2, 0.25) is 0 Å². The molecular formula is C22H24N4S. The molecule has 0 aliphatic carbocycles. The second-order valence-corrected chi connectivity index (χ2v) is 8.86. The zero-order valence-corrected chi connectivity index (χ0v) is 16.5. The van der Waals surface area contributed by atoms with Crippen LogP contribution in [0.15, 0.2) is 54.3 Å². The highest BCUT2D eigenvalue weighted by atomic mass is 32.1. The van der Waals surface area contributed by atoms with Gasteiger partial charge in [-0.3, -0.25) is 14.9 Å². The van der Waals surface area contributed by atoms with E-state index >= 15 is 0 Å². The first-order valence-electron chi connectivity index (χ1n) is 9.58. The lowest BCUT2D eigenvalue weighted by Gasteiger charge is -2.26. The molecule has 0 amide bonds. The quantitative estimate of drug-likeness (QED) is 0.689. The number of likely N-dealkylation sites (tertiary alicyclic amines) is 1. The summed E-state index contributed by atoms with van der Waals surface area (Å²) in [5.74, 6) is 0. The van der Waals surface area contributed by atoms with E-state index in [-0.39, 0.29) is 5.41 Å². The van der Waals surface area contributed by atoms with Gasteiger partial charge in [0.25, 0.3) is 0 Å². The fraction of sp³-hybridized carbons (Fsp3) is 0.364. The molecule has 5 heteroatoms. The standard InChI is InChI=1S/C22H24N4S/c1-17-6-11-27-20(17)14-25-10-7-22(15-25)16-26(13-18-4-2-8-23-12-18)19-5-3-9-24-21(19)22/h2-6,8-9,11-12H,7,10,13-16H2,1H3/t22-/m1/s1. The van der Waals surface area contributed by atoms with Crippen LogP contribution in [0, 0.1) is 6.92 Å². The molecule has 1 atom stereocenters. The summed E-state index contributed by atoms with van der Waals surface area (Å²) < 4.78 is 0. The normalized spacial score (nSPS) is 21.9. The minimum Gasteiger partial charge on any atom is -0.365 e. The van der Waals surface area contributed by atoms with Crippen molar-refractivity contribution in [2.75, 3.05) is 24.5 Å². The van der Waals surface area contributed by atoms with Crippen LogP contribution in [0.5, 0.6) is 0 Å². The van der Waals surface area contributed by atoms with Gasteiger partial charge in [0.15, 0.2) is 0 Å². The van der Waals surface area contributed by atoms with E-state index in [1.54, 1.807) is 0 Å². The van der Waals surface area contributed by atoms with Crippen LogP contribution >= 0.6 is 11.3 Å². The fourth-order valence-corrected chi connectivity index (χ4v) is 5.57. The van der Waals surface area contributed by atoms with Gasteiger partial charge in [0.1, 0.15) is 0 Å². The van der Waals surface area contributed by atoms with Gasteiger partial charge < -0.3 is 4.90 Å². The maximum atomic E-state index is 4.85. The van der Waals surface area contributed by atoms with Gasteiger partial charge in [0.05, 0.1) is 11.4 Å². The molecule has 0 radical (unpaired) electrons. The molecule has 27 heavy (non-hydrogen) atoms. The third-order valence-electron chi connectivity index (χ3n) is 5.99. The first kappa shape index (κ1) is 16.9. The first-order chi connectivity index (χ1) is 13.2. The Hall–Kier alpha value is -2.24. The molecule has 3 aromatic rings. The van der Waals surface area contributed by atoms with Gasteiger partial charge >= 0.3 is 0 Å². The zero-order chi connectivity index (χ0) is 18.3. The number of hydrogen-bond acceptors (Lipinski definition) is 5. The molecule has 3 aromatic heterocycles. The predicted octanol–water partition coefficient (Wildman–Crippen LogP) is 4.01. The van der Waals surface area contributed by atoms with E-state index < -0.39 is 0 Å². The molecular weight excluding hydrogens is 352 g/mol. The summed E-state index contributed by atoms with van der Waals surface area (Å²) in [5, 5.41) is 2.21. The van der Waals surface area contributed by atoms with Gasteiger partial charge in [-0.05, 0) is 60.7 Å². The smallest absolute Gasteiger partial charge is 0.0729 e. The van der Waals surface area contributed by atoms with Crippen LogP contribution in [-0.2, 0) is 18.5 Å². The van der Waals surface area contributed by atoms with Crippen LogP contribution in [0.25, 0.3) is 0 Å². The summed E-state index contributed by atoms with van der Waals surface area (Å²) in [6, 6.07) is 10.7. The Morgan fingerprint density at radius 2 is 2.04 bits per heavy atom. The van der Waals surface area contributed by atoms with Crippen molar-refractivity contribution in [2.24, 2.45) is 0 Å². The Morgan fingerprint density at radius 1 is 1.11 bits per heavy atom. The lowest BCUT2D eigenvalue weighted by atomic mass is 9.85. The second-order valence-electron chi connectivity index (χ2n) is 7.86. The highest BCUT2D eigenvalue weighted by Gasteiger charge is 2.48. The highest BCUT2D eigenvalue weighted by molar-refractivity contribution is 7.10. The molecule has 1 spiro atoms. The minimum absolute atomic E-state index is 0.157. The molecule has 5 rings (SSSR count). The molecule has 1 fully saturated rings. The van der Waals surface area contributed by atoms with Crippen LogP contribution in [0.3, 0.4) is 0 Å². The third kappa shape index (κ3) is 3.05. The lowest BCUT2D eigenvalue weighted by Crippen LogP contribution is -2.36.